The van der Waals surface area contributed by atoms with Gasteiger partial charge in [0.15, 0.2) is 0 Å². The van der Waals surface area contributed by atoms with E-state index >= 15 is 0 Å². The van der Waals surface area contributed by atoms with Gasteiger partial charge in [-0.3, -0.25) is 9.97 Å². The molecule has 0 bridgehead atoms. The molecular weight excluding hydrogens is 276 g/mol. The Morgan fingerprint density at radius 3 is 2.70 bits per heavy atom. The summed E-state index contributed by atoms with van der Waals surface area (Å²) in [6.07, 6.45) is 4.77. The second-order valence-electron chi connectivity index (χ2n) is 4.14. The molecule has 0 aliphatic carbocycles. The van der Waals surface area contributed by atoms with Crippen molar-refractivity contribution in [2.24, 2.45) is 0 Å². The lowest BCUT2D eigenvalue weighted by Crippen LogP contribution is -2.08. The minimum atomic E-state index is -0.460. The Labute approximate surface area is 120 Å². The Hall–Kier alpha value is -2.46. The van der Waals surface area contributed by atoms with E-state index in [-0.39, 0.29) is 0 Å². The molecule has 3 rings (SSSR count). The number of nitrogens with zero attached hydrogens (tertiary/aromatic N) is 2. The van der Waals surface area contributed by atoms with Crippen molar-refractivity contribution in [3.05, 3.63) is 65.6 Å². The first-order chi connectivity index (χ1) is 9.72. The van der Waals surface area contributed by atoms with Gasteiger partial charge in [-0.15, -0.1) is 0 Å². The average Bonchev–Trinajstić information content (AvgIpc) is 2.49. The number of ether oxygens (including phenoxy) is 1. The van der Waals surface area contributed by atoms with Crippen molar-refractivity contribution in [2.75, 3.05) is 0 Å². The topological polar surface area (TPSA) is 52.1 Å². The number of esters is 1. The summed E-state index contributed by atoms with van der Waals surface area (Å²) in [5, 5.41) is 1.43. The SMILES string of the molecule is O=C(Oc1ccc(Cl)cc1)c1cnc2cnccc2c1. The quantitative estimate of drug-likeness (QED) is 0.534. The minimum absolute atomic E-state index is 0.388. The highest BCUT2D eigenvalue weighted by atomic mass is 35.5. The molecule has 0 aliphatic rings. The molecule has 2 heterocycles. The van der Waals surface area contributed by atoms with Crippen LogP contribution in [0.4, 0.5) is 0 Å². The van der Waals surface area contributed by atoms with E-state index in [2.05, 4.69) is 9.97 Å². The maximum absolute atomic E-state index is 12.0. The van der Waals surface area contributed by atoms with Crippen LogP contribution in [0.25, 0.3) is 10.9 Å². The first-order valence-corrected chi connectivity index (χ1v) is 6.28. The van der Waals surface area contributed by atoms with Crippen LogP contribution in [-0.2, 0) is 0 Å². The average molecular weight is 285 g/mol. The number of hydrogen-bond donors (Lipinski definition) is 0. The first kappa shape index (κ1) is 12.6. The molecular formula is C15H9ClN2O2. The molecule has 5 heteroatoms. The number of benzene rings is 1. The lowest BCUT2D eigenvalue weighted by molar-refractivity contribution is 0.0734. The van der Waals surface area contributed by atoms with Crippen LogP contribution in [-0.4, -0.2) is 15.9 Å². The van der Waals surface area contributed by atoms with Crippen LogP contribution < -0.4 is 4.74 Å². The van der Waals surface area contributed by atoms with E-state index < -0.39 is 5.97 Å². The second-order valence-corrected chi connectivity index (χ2v) is 4.57. The Morgan fingerprint density at radius 1 is 1.10 bits per heavy atom. The van der Waals surface area contributed by atoms with Crippen molar-refractivity contribution in [1.29, 1.82) is 0 Å². The molecule has 98 valence electrons. The van der Waals surface area contributed by atoms with Gasteiger partial charge in [0, 0.05) is 22.8 Å². The molecule has 20 heavy (non-hydrogen) atoms. The Morgan fingerprint density at radius 2 is 1.90 bits per heavy atom. The van der Waals surface area contributed by atoms with Gasteiger partial charge in [0.1, 0.15) is 5.75 Å². The molecule has 0 fully saturated rings. The molecule has 1 aromatic carbocycles. The van der Waals surface area contributed by atoms with Crippen molar-refractivity contribution in [1.82, 2.24) is 9.97 Å². The second kappa shape index (κ2) is 5.27. The van der Waals surface area contributed by atoms with E-state index in [1.165, 1.54) is 6.20 Å². The summed E-state index contributed by atoms with van der Waals surface area (Å²) in [7, 11) is 0. The van der Waals surface area contributed by atoms with E-state index in [0.29, 0.717) is 16.3 Å². The number of pyridine rings is 2. The fourth-order valence-corrected chi connectivity index (χ4v) is 1.88. The molecule has 0 unspecified atom stereocenters. The van der Waals surface area contributed by atoms with Gasteiger partial charge in [-0.2, -0.15) is 0 Å². The van der Waals surface area contributed by atoms with Crippen LogP contribution in [0, 0.1) is 0 Å². The van der Waals surface area contributed by atoms with Gasteiger partial charge in [0.2, 0.25) is 0 Å². The third kappa shape index (κ3) is 2.60. The van der Waals surface area contributed by atoms with Gasteiger partial charge >= 0.3 is 5.97 Å². The van der Waals surface area contributed by atoms with E-state index in [1.807, 2.05) is 0 Å². The molecule has 0 saturated heterocycles. The molecule has 0 amide bonds. The summed E-state index contributed by atoms with van der Waals surface area (Å²) in [6.45, 7) is 0. The highest BCUT2D eigenvalue weighted by molar-refractivity contribution is 6.30. The molecule has 4 nitrogen and oxygen atoms in total. The number of aromatic nitrogens is 2. The highest BCUT2D eigenvalue weighted by Crippen LogP contribution is 2.18. The van der Waals surface area contributed by atoms with E-state index in [9.17, 15) is 4.79 Å². The van der Waals surface area contributed by atoms with E-state index in [4.69, 9.17) is 16.3 Å². The fourth-order valence-electron chi connectivity index (χ4n) is 1.75. The number of rotatable bonds is 2. The van der Waals surface area contributed by atoms with Gasteiger partial charge in [-0.05, 0) is 36.4 Å². The third-order valence-corrected chi connectivity index (χ3v) is 3.00. The molecule has 0 radical (unpaired) electrons. The summed E-state index contributed by atoms with van der Waals surface area (Å²) in [5.74, 6) is -0.0206. The fraction of sp³-hybridized carbons (Fsp3) is 0. The first-order valence-electron chi connectivity index (χ1n) is 5.90. The van der Waals surface area contributed by atoms with Crippen LogP contribution in [0.3, 0.4) is 0 Å². The molecule has 3 aromatic rings. The molecule has 0 saturated carbocycles. The van der Waals surface area contributed by atoms with Crippen LogP contribution >= 0.6 is 11.6 Å². The number of carbonyl (C=O) groups excluding carboxylic acids is 1. The summed E-state index contributed by atoms with van der Waals surface area (Å²) in [5.41, 5.74) is 1.12. The van der Waals surface area contributed by atoms with Gasteiger partial charge in [0.05, 0.1) is 17.3 Å². The summed E-state index contributed by atoms with van der Waals surface area (Å²) >= 11 is 5.77. The van der Waals surface area contributed by atoms with Gasteiger partial charge in [-0.1, -0.05) is 11.6 Å². The van der Waals surface area contributed by atoms with Gasteiger partial charge < -0.3 is 4.74 Å². The standard InChI is InChI=1S/C15H9ClN2O2/c16-12-1-3-13(4-2-12)20-15(19)11-7-10-5-6-17-9-14(10)18-8-11/h1-9H. The molecule has 0 N–H and O–H groups in total. The molecule has 2 aromatic heterocycles. The van der Waals surface area contributed by atoms with Crippen molar-refractivity contribution in [3.63, 3.8) is 0 Å². The lowest BCUT2D eigenvalue weighted by atomic mass is 10.2. The predicted molar refractivity (Wildman–Crippen MR) is 75.9 cm³/mol. The van der Waals surface area contributed by atoms with E-state index in [0.717, 1.165) is 10.9 Å². The minimum Gasteiger partial charge on any atom is -0.423 e. The zero-order chi connectivity index (χ0) is 13.9. The molecule has 0 atom stereocenters. The maximum Gasteiger partial charge on any atom is 0.345 e. The lowest BCUT2D eigenvalue weighted by Gasteiger charge is -2.05. The largest absolute Gasteiger partial charge is 0.423 e. The van der Waals surface area contributed by atoms with Gasteiger partial charge in [-0.25, -0.2) is 4.79 Å². The zero-order valence-electron chi connectivity index (χ0n) is 10.3. The smallest absolute Gasteiger partial charge is 0.345 e. The number of carbonyl (C=O) groups is 1. The van der Waals surface area contributed by atoms with Crippen molar-refractivity contribution >= 4 is 28.5 Å². The number of fused-ring (bicyclic) bond motifs is 1. The van der Waals surface area contributed by atoms with Gasteiger partial charge in [0.25, 0.3) is 0 Å². The zero-order valence-corrected chi connectivity index (χ0v) is 11.0. The van der Waals surface area contributed by atoms with Crippen molar-refractivity contribution < 1.29 is 9.53 Å². The van der Waals surface area contributed by atoms with Crippen molar-refractivity contribution in [3.8, 4) is 5.75 Å². The van der Waals surface area contributed by atoms with E-state index in [1.54, 1.807) is 48.8 Å². The number of halogens is 1. The van der Waals surface area contributed by atoms with Crippen LogP contribution in [0.5, 0.6) is 5.75 Å². The monoisotopic (exact) mass is 284 g/mol. The maximum atomic E-state index is 12.0. The van der Waals surface area contributed by atoms with Crippen LogP contribution in [0.15, 0.2) is 55.0 Å². The van der Waals surface area contributed by atoms with Crippen LogP contribution in [0.2, 0.25) is 5.02 Å². The Balaban J connectivity index is 1.86. The summed E-state index contributed by atoms with van der Waals surface area (Å²) in [4.78, 5) is 20.2. The summed E-state index contributed by atoms with van der Waals surface area (Å²) < 4.78 is 5.25. The summed E-state index contributed by atoms with van der Waals surface area (Å²) in [6, 6.07) is 10.1. The Bertz CT molecular complexity index is 772. The molecule has 0 spiro atoms. The van der Waals surface area contributed by atoms with Crippen LogP contribution in [0.1, 0.15) is 10.4 Å². The normalized spacial score (nSPS) is 10.4. The highest BCUT2D eigenvalue weighted by Gasteiger charge is 2.10. The predicted octanol–water partition coefficient (Wildman–Crippen LogP) is 3.50. The third-order valence-electron chi connectivity index (χ3n) is 2.75. The molecule has 0 aliphatic heterocycles. The number of hydrogen-bond acceptors (Lipinski definition) is 4. The van der Waals surface area contributed by atoms with Crippen molar-refractivity contribution in [2.45, 2.75) is 0 Å². The Kier molecular flexibility index (Phi) is 3.31.